The highest BCUT2D eigenvalue weighted by molar-refractivity contribution is 5.57. The van der Waals surface area contributed by atoms with Crippen molar-refractivity contribution < 1.29 is 4.39 Å². The zero-order valence-corrected chi connectivity index (χ0v) is 13.1. The number of benzene rings is 2. The van der Waals surface area contributed by atoms with Crippen molar-refractivity contribution in [3.8, 4) is 0 Å². The zero-order chi connectivity index (χ0) is 15.2. The van der Waals surface area contributed by atoms with Crippen molar-refractivity contribution >= 4 is 5.69 Å². The van der Waals surface area contributed by atoms with Crippen molar-refractivity contribution in [3.05, 3.63) is 65.0 Å². The fraction of sp³-hybridized carbons (Fsp3) is 0.368. The minimum atomic E-state index is -0.116. The highest BCUT2D eigenvalue weighted by atomic mass is 19.1. The maximum absolute atomic E-state index is 14.1. The number of rotatable bonds is 2. The average molecular weight is 285 g/mol. The molecule has 21 heavy (non-hydrogen) atoms. The Morgan fingerprint density at radius 3 is 2.52 bits per heavy atom. The summed E-state index contributed by atoms with van der Waals surface area (Å²) in [5.74, 6) is 0.316. The van der Waals surface area contributed by atoms with Crippen LogP contribution in [0.15, 0.2) is 42.5 Å². The first-order valence-electron chi connectivity index (χ1n) is 7.84. The molecule has 1 aliphatic rings. The largest absolute Gasteiger partial charge is 0.382 e. The van der Waals surface area contributed by atoms with Crippen LogP contribution in [0, 0.1) is 5.82 Å². The Morgan fingerprint density at radius 2 is 1.81 bits per heavy atom. The third kappa shape index (κ3) is 3.63. The highest BCUT2D eigenvalue weighted by Crippen LogP contribution is 2.34. The van der Waals surface area contributed by atoms with Gasteiger partial charge in [0.15, 0.2) is 0 Å². The number of fused-ring (bicyclic) bond motifs is 1. The van der Waals surface area contributed by atoms with E-state index in [2.05, 4.69) is 30.4 Å². The molecule has 112 valence electrons. The molecule has 0 saturated heterocycles. The van der Waals surface area contributed by atoms with Gasteiger partial charge < -0.3 is 5.32 Å². The van der Waals surface area contributed by atoms with E-state index in [0.29, 0.717) is 11.6 Å². The van der Waals surface area contributed by atoms with Gasteiger partial charge in [-0.15, -0.1) is 0 Å². The molecule has 0 radical (unpaired) electrons. The van der Waals surface area contributed by atoms with E-state index < -0.39 is 0 Å². The number of hydrogen-bond acceptors (Lipinski definition) is 1. The molecule has 0 aromatic heterocycles. The van der Waals surface area contributed by atoms with Gasteiger partial charge in [-0.2, -0.15) is 0 Å². The van der Waals surface area contributed by atoms with E-state index in [4.69, 9.17) is 0 Å². The lowest BCUT2D eigenvalue weighted by Crippen LogP contribution is -2.16. The first-order chi connectivity index (χ1) is 10.2. The molecule has 1 nitrogen and oxygen atoms in total. The predicted molar refractivity (Wildman–Crippen MR) is 88.5 cm³/mol. The standard InChI is InChI=1S/C17H18FN.C2H6/c1-12-7-8-19-17-15(12)10-14(11-16(17)18)9-13-5-3-2-4-6-13;1-2/h2-6,10-12,19H,7-9H2,1H3;1-2H3. The Labute approximate surface area is 127 Å². The quantitative estimate of drug-likeness (QED) is 0.783. The maximum Gasteiger partial charge on any atom is 0.146 e. The van der Waals surface area contributed by atoms with Crippen molar-refractivity contribution in [2.75, 3.05) is 11.9 Å². The molecular weight excluding hydrogens is 261 g/mol. The molecule has 1 aliphatic heterocycles. The molecule has 0 bridgehead atoms. The predicted octanol–water partition coefficient (Wildman–Crippen LogP) is 5.36. The molecule has 0 aliphatic carbocycles. The van der Waals surface area contributed by atoms with E-state index >= 15 is 0 Å². The van der Waals surface area contributed by atoms with Gasteiger partial charge in [-0.25, -0.2) is 4.39 Å². The minimum Gasteiger partial charge on any atom is -0.382 e. The first-order valence-corrected chi connectivity index (χ1v) is 7.84. The van der Waals surface area contributed by atoms with E-state index in [1.807, 2.05) is 32.0 Å². The fourth-order valence-electron chi connectivity index (χ4n) is 2.76. The van der Waals surface area contributed by atoms with Crippen LogP contribution in [0.25, 0.3) is 0 Å². The Morgan fingerprint density at radius 1 is 1.10 bits per heavy atom. The van der Waals surface area contributed by atoms with Crippen molar-refractivity contribution in [2.24, 2.45) is 0 Å². The summed E-state index contributed by atoms with van der Waals surface area (Å²) in [6.45, 7) is 7.04. The van der Waals surface area contributed by atoms with Gasteiger partial charge in [0.05, 0.1) is 5.69 Å². The van der Waals surface area contributed by atoms with Crippen LogP contribution >= 0.6 is 0 Å². The summed E-state index contributed by atoms with van der Waals surface area (Å²) in [5, 5.41) is 3.18. The third-order valence-electron chi connectivity index (χ3n) is 3.84. The molecule has 2 heteroatoms. The number of nitrogens with one attached hydrogen (secondary N) is 1. The molecule has 0 fully saturated rings. The molecule has 1 unspecified atom stereocenters. The van der Waals surface area contributed by atoms with Crippen molar-refractivity contribution in [2.45, 2.75) is 39.5 Å². The third-order valence-corrected chi connectivity index (χ3v) is 3.84. The molecule has 0 spiro atoms. The van der Waals surface area contributed by atoms with Gasteiger partial charge in [0, 0.05) is 6.54 Å². The molecule has 1 atom stereocenters. The van der Waals surface area contributed by atoms with E-state index in [1.165, 1.54) is 5.56 Å². The van der Waals surface area contributed by atoms with Crippen LogP contribution < -0.4 is 5.32 Å². The van der Waals surface area contributed by atoms with Crippen molar-refractivity contribution in [1.82, 2.24) is 0 Å². The molecule has 0 saturated carbocycles. The summed E-state index contributed by atoms with van der Waals surface area (Å²) >= 11 is 0. The smallest absolute Gasteiger partial charge is 0.146 e. The van der Waals surface area contributed by atoms with E-state index in [9.17, 15) is 4.39 Å². The normalized spacial score (nSPS) is 16.3. The van der Waals surface area contributed by atoms with Crippen molar-refractivity contribution in [1.29, 1.82) is 0 Å². The second-order valence-corrected chi connectivity index (χ2v) is 5.32. The van der Waals surface area contributed by atoms with Gasteiger partial charge in [0.25, 0.3) is 0 Å². The van der Waals surface area contributed by atoms with Crippen LogP contribution in [0.3, 0.4) is 0 Å². The van der Waals surface area contributed by atoms with E-state index in [1.54, 1.807) is 6.07 Å². The van der Waals surface area contributed by atoms with Crippen LogP contribution in [0.2, 0.25) is 0 Å². The minimum absolute atomic E-state index is 0.116. The lowest BCUT2D eigenvalue weighted by Gasteiger charge is -2.25. The second kappa shape index (κ2) is 7.26. The Bertz CT molecular complexity index is 578. The Kier molecular flexibility index (Phi) is 5.38. The fourth-order valence-corrected chi connectivity index (χ4v) is 2.76. The van der Waals surface area contributed by atoms with Crippen LogP contribution in [0.1, 0.15) is 49.8 Å². The molecule has 2 aromatic carbocycles. The number of hydrogen-bond donors (Lipinski definition) is 1. The Hall–Kier alpha value is -1.83. The number of anilines is 1. The van der Waals surface area contributed by atoms with E-state index in [-0.39, 0.29) is 5.82 Å². The van der Waals surface area contributed by atoms with Crippen LogP contribution in [0.4, 0.5) is 10.1 Å². The lowest BCUT2D eigenvalue weighted by atomic mass is 9.90. The summed E-state index contributed by atoms with van der Waals surface area (Å²) in [6.07, 6.45) is 1.86. The summed E-state index contributed by atoms with van der Waals surface area (Å²) in [7, 11) is 0. The van der Waals surface area contributed by atoms with Gasteiger partial charge in [0.1, 0.15) is 5.82 Å². The summed E-state index contributed by atoms with van der Waals surface area (Å²) < 4.78 is 14.1. The van der Waals surface area contributed by atoms with Gasteiger partial charge in [0.2, 0.25) is 0 Å². The zero-order valence-electron chi connectivity index (χ0n) is 13.1. The summed E-state index contributed by atoms with van der Waals surface area (Å²) in [6, 6.07) is 14.0. The van der Waals surface area contributed by atoms with Gasteiger partial charge in [-0.05, 0) is 41.5 Å². The average Bonchev–Trinajstić information content (AvgIpc) is 2.52. The van der Waals surface area contributed by atoms with Gasteiger partial charge >= 0.3 is 0 Å². The van der Waals surface area contributed by atoms with Gasteiger partial charge in [-0.1, -0.05) is 57.2 Å². The van der Waals surface area contributed by atoms with Crippen molar-refractivity contribution in [3.63, 3.8) is 0 Å². The SMILES string of the molecule is CC.CC1CCNc2c(F)cc(Cc3ccccc3)cc21. The van der Waals surface area contributed by atoms with Crippen LogP contribution in [-0.4, -0.2) is 6.54 Å². The molecule has 2 aromatic rings. The molecule has 1 N–H and O–H groups in total. The lowest BCUT2D eigenvalue weighted by molar-refractivity contribution is 0.606. The molecular formula is C19H24FN. The first kappa shape index (κ1) is 15.6. The molecule has 0 amide bonds. The molecule has 3 rings (SSSR count). The van der Waals surface area contributed by atoms with Crippen LogP contribution in [-0.2, 0) is 6.42 Å². The van der Waals surface area contributed by atoms with E-state index in [0.717, 1.165) is 30.5 Å². The number of halogens is 1. The van der Waals surface area contributed by atoms with Crippen LogP contribution in [0.5, 0.6) is 0 Å². The molecule has 1 heterocycles. The maximum atomic E-state index is 14.1. The van der Waals surface area contributed by atoms with Gasteiger partial charge in [-0.3, -0.25) is 0 Å². The Balaban J connectivity index is 0.000000774. The monoisotopic (exact) mass is 285 g/mol. The topological polar surface area (TPSA) is 12.0 Å². The highest BCUT2D eigenvalue weighted by Gasteiger charge is 2.20. The summed E-state index contributed by atoms with van der Waals surface area (Å²) in [4.78, 5) is 0. The second-order valence-electron chi connectivity index (χ2n) is 5.32. The summed E-state index contributed by atoms with van der Waals surface area (Å²) in [5.41, 5.74) is 4.10.